The van der Waals surface area contributed by atoms with Gasteiger partial charge >= 0.3 is 0 Å². The second kappa shape index (κ2) is 4.10. The lowest BCUT2D eigenvalue weighted by molar-refractivity contribution is -0.301. The number of aliphatic carboxylic acids is 2. The smallest absolute Gasteiger partial charge is 0.0828 e. The van der Waals surface area contributed by atoms with Crippen molar-refractivity contribution < 1.29 is 24.9 Å². The standard InChI is InChI=1S/C10H10O5/c1-5(9(12)13)7-4-6(10(14)15)2-3-8(7)11/h2-4,7-8,11H,1H2,(H,12,13)(H,14,15)/p-2/t7-,8+/m0/s1. The van der Waals surface area contributed by atoms with E-state index in [1.165, 1.54) is 6.08 Å². The molecule has 0 radical (unpaired) electrons. The summed E-state index contributed by atoms with van der Waals surface area (Å²) in [7, 11) is 0. The van der Waals surface area contributed by atoms with Gasteiger partial charge in [0.1, 0.15) is 0 Å². The van der Waals surface area contributed by atoms with Crippen molar-refractivity contribution >= 4 is 11.9 Å². The van der Waals surface area contributed by atoms with E-state index in [2.05, 4.69) is 6.58 Å². The van der Waals surface area contributed by atoms with Crippen molar-refractivity contribution in [2.45, 2.75) is 6.10 Å². The molecule has 0 amide bonds. The van der Waals surface area contributed by atoms with Gasteiger partial charge < -0.3 is 24.9 Å². The van der Waals surface area contributed by atoms with Crippen molar-refractivity contribution in [3.63, 3.8) is 0 Å². The molecule has 2 atom stereocenters. The molecular formula is C10H8O5-2. The predicted molar refractivity (Wildman–Crippen MR) is 45.9 cm³/mol. The van der Waals surface area contributed by atoms with Gasteiger partial charge in [-0.3, -0.25) is 0 Å². The molecule has 0 unspecified atom stereocenters. The van der Waals surface area contributed by atoms with Crippen LogP contribution in [0.5, 0.6) is 0 Å². The van der Waals surface area contributed by atoms with Gasteiger partial charge in [-0.2, -0.15) is 0 Å². The molecule has 0 fully saturated rings. The van der Waals surface area contributed by atoms with Gasteiger partial charge in [-0.05, 0) is 11.1 Å². The number of rotatable bonds is 3. The van der Waals surface area contributed by atoms with E-state index in [9.17, 15) is 24.9 Å². The van der Waals surface area contributed by atoms with Crippen LogP contribution in [0.2, 0.25) is 0 Å². The summed E-state index contributed by atoms with van der Waals surface area (Å²) in [6.45, 7) is 3.21. The minimum absolute atomic E-state index is 0.187. The topological polar surface area (TPSA) is 100 Å². The number of carbonyl (C=O) groups is 2. The monoisotopic (exact) mass is 208 g/mol. The van der Waals surface area contributed by atoms with Crippen LogP contribution in [-0.2, 0) is 9.59 Å². The zero-order valence-corrected chi connectivity index (χ0v) is 7.67. The van der Waals surface area contributed by atoms with E-state index >= 15 is 0 Å². The number of hydrogen-bond donors (Lipinski definition) is 1. The summed E-state index contributed by atoms with van der Waals surface area (Å²) in [5.41, 5.74) is -0.557. The Kier molecular flexibility index (Phi) is 3.06. The Bertz CT molecular complexity index is 377. The summed E-state index contributed by atoms with van der Waals surface area (Å²) in [6.07, 6.45) is 2.29. The average Bonchev–Trinajstić information content (AvgIpc) is 2.16. The van der Waals surface area contributed by atoms with E-state index in [-0.39, 0.29) is 11.1 Å². The predicted octanol–water partition coefficient (Wildman–Crippen LogP) is -2.48. The highest BCUT2D eigenvalue weighted by atomic mass is 16.4. The highest BCUT2D eigenvalue weighted by Gasteiger charge is 2.22. The Hall–Kier alpha value is -1.88. The Morgan fingerprint density at radius 2 is 2.00 bits per heavy atom. The second-order valence-corrected chi connectivity index (χ2v) is 3.10. The fourth-order valence-electron chi connectivity index (χ4n) is 1.25. The number of hydrogen-bond acceptors (Lipinski definition) is 5. The van der Waals surface area contributed by atoms with Gasteiger partial charge in [0.2, 0.25) is 0 Å². The third-order valence-electron chi connectivity index (χ3n) is 2.10. The summed E-state index contributed by atoms with van der Waals surface area (Å²) >= 11 is 0. The second-order valence-electron chi connectivity index (χ2n) is 3.10. The van der Waals surface area contributed by atoms with E-state index in [4.69, 9.17) is 0 Å². The first-order valence-electron chi connectivity index (χ1n) is 4.13. The summed E-state index contributed by atoms with van der Waals surface area (Å²) in [5.74, 6) is -3.95. The van der Waals surface area contributed by atoms with E-state index in [1.54, 1.807) is 0 Å². The highest BCUT2D eigenvalue weighted by molar-refractivity contribution is 5.90. The van der Waals surface area contributed by atoms with Crippen molar-refractivity contribution in [3.05, 3.63) is 36.0 Å². The SMILES string of the molecule is C=C(C(=O)[O-])[C@@H]1C=C(C(=O)[O-])C=C[C@H]1O. The summed E-state index contributed by atoms with van der Waals surface area (Å²) in [4.78, 5) is 21.0. The molecule has 0 saturated heterocycles. The van der Waals surface area contributed by atoms with Crippen LogP contribution in [0.4, 0.5) is 0 Å². The van der Waals surface area contributed by atoms with Crippen molar-refractivity contribution in [1.29, 1.82) is 0 Å². The molecule has 0 aromatic carbocycles. The van der Waals surface area contributed by atoms with E-state index in [0.29, 0.717) is 0 Å². The van der Waals surface area contributed by atoms with Gasteiger partial charge in [-0.15, -0.1) is 0 Å². The number of carboxylic acid groups (broad SMARTS) is 2. The molecule has 1 N–H and O–H groups in total. The first-order valence-corrected chi connectivity index (χ1v) is 4.13. The lowest BCUT2D eigenvalue weighted by Gasteiger charge is -2.24. The van der Waals surface area contributed by atoms with Crippen LogP contribution in [0.3, 0.4) is 0 Å². The summed E-state index contributed by atoms with van der Waals surface area (Å²) in [5, 5.41) is 30.4. The maximum atomic E-state index is 10.5. The molecule has 0 bridgehead atoms. The first-order chi connectivity index (χ1) is 6.93. The maximum absolute atomic E-state index is 10.5. The molecule has 80 valence electrons. The quantitative estimate of drug-likeness (QED) is 0.517. The zero-order valence-electron chi connectivity index (χ0n) is 7.67. The minimum atomic E-state index is -1.52. The van der Waals surface area contributed by atoms with Crippen molar-refractivity contribution in [2.24, 2.45) is 5.92 Å². The molecule has 0 aromatic heterocycles. The average molecular weight is 208 g/mol. The summed E-state index contributed by atoms with van der Waals surface area (Å²) in [6, 6.07) is 0. The molecule has 0 aliphatic heterocycles. The maximum Gasteiger partial charge on any atom is 0.0828 e. The van der Waals surface area contributed by atoms with Crippen molar-refractivity contribution in [2.75, 3.05) is 0 Å². The fourth-order valence-corrected chi connectivity index (χ4v) is 1.25. The Labute approximate surface area is 85.7 Å². The lowest BCUT2D eigenvalue weighted by atomic mass is 9.88. The number of aliphatic hydroxyl groups excluding tert-OH is 1. The Balaban J connectivity index is 2.99. The molecule has 5 heteroatoms. The van der Waals surface area contributed by atoms with Gasteiger partial charge in [0.25, 0.3) is 0 Å². The van der Waals surface area contributed by atoms with Crippen LogP contribution < -0.4 is 10.2 Å². The van der Waals surface area contributed by atoms with E-state index < -0.39 is 24.0 Å². The zero-order chi connectivity index (χ0) is 11.6. The number of aliphatic hydroxyl groups is 1. The lowest BCUT2D eigenvalue weighted by Crippen LogP contribution is -2.34. The third kappa shape index (κ3) is 2.32. The molecule has 15 heavy (non-hydrogen) atoms. The molecule has 0 saturated carbocycles. The van der Waals surface area contributed by atoms with E-state index in [1.807, 2.05) is 0 Å². The van der Waals surface area contributed by atoms with Crippen molar-refractivity contribution in [3.8, 4) is 0 Å². The normalized spacial score (nSPS) is 24.5. The number of carboxylic acids is 2. The third-order valence-corrected chi connectivity index (χ3v) is 2.10. The van der Waals surface area contributed by atoms with Crippen LogP contribution in [0.25, 0.3) is 0 Å². The van der Waals surface area contributed by atoms with Gasteiger partial charge in [-0.25, -0.2) is 0 Å². The Morgan fingerprint density at radius 3 is 2.47 bits per heavy atom. The van der Waals surface area contributed by atoms with Crippen LogP contribution >= 0.6 is 0 Å². The van der Waals surface area contributed by atoms with Gasteiger partial charge in [0.15, 0.2) is 0 Å². The highest BCUT2D eigenvalue weighted by Crippen LogP contribution is 2.22. The van der Waals surface area contributed by atoms with E-state index in [0.717, 1.165) is 12.2 Å². The molecule has 5 nitrogen and oxygen atoms in total. The van der Waals surface area contributed by atoms with Crippen LogP contribution in [0, 0.1) is 5.92 Å². The van der Waals surface area contributed by atoms with Gasteiger partial charge in [0.05, 0.1) is 18.0 Å². The summed E-state index contributed by atoms with van der Waals surface area (Å²) < 4.78 is 0. The molecule has 0 aromatic rings. The van der Waals surface area contributed by atoms with Gasteiger partial charge in [0, 0.05) is 5.92 Å². The largest absolute Gasteiger partial charge is 0.545 e. The Morgan fingerprint density at radius 1 is 1.40 bits per heavy atom. The van der Waals surface area contributed by atoms with Crippen LogP contribution in [0.15, 0.2) is 36.0 Å². The van der Waals surface area contributed by atoms with Crippen LogP contribution in [0.1, 0.15) is 0 Å². The minimum Gasteiger partial charge on any atom is -0.545 e. The molecule has 1 aliphatic carbocycles. The number of carbonyl (C=O) groups excluding carboxylic acids is 2. The molecule has 1 rings (SSSR count). The molecule has 0 spiro atoms. The molecular weight excluding hydrogens is 200 g/mol. The van der Waals surface area contributed by atoms with Crippen molar-refractivity contribution in [1.82, 2.24) is 0 Å². The first kappa shape index (κ1) is 11.2. The van der Waals surface area contributed by atoms with Crippen LogP contribution in [-0.4, -0.2) is 23.1 Å². The fraction of sp³-hybridized carbons (Fsp3) is 0.200. The van der Waals surface area contributed by atoms with Gasteiger partial charge in [-0.1, -0.05) is 24.8 Å². The molecule has 1 aliphatic rings. The molecule has 0 heterocycles.